The summed E-state index contributed by atoms with van der Waals surface area (Å²) in [6.45, 7) is 12.0. The Kier molecular flexibility index (Phi) is 9.63. The van der Waals surface area contributed by atoms with Crippen molar-refractivity contribution in [3.05, 3.63) is 82.8 Å². The molecule has 13 nitrogen and oxygen atoms in total. The van der Waals surface area contributed by atoms with Crippen LogP contribution in [0.5, 0.6) is 5.88 Å². The molecule has 3 N–H and O–H groups in total. The lowest BCUT2D eigenvalue weighted by atomic mass is 9.87. The molecule has 0 radical (unpaired) electrons. The maximum atomic E-state index is 12.4. The fourth-order valence-corrected chi connectivity index (χ4v) is 9.10. The second-order valence-corrected chi connectivity index (χ2v) is 15.6. The molecule has 0 aliphatic carbocycles. The molecular weight excluding hydrogens is 693 g/mol. The van der Waals surface area contributed by atoms with Crippen molar-refractivity contribution in [2.24, 2.45) is 0 Å². The number of carbonyl (C=O) groups is 2. The minimum Gasteiger partial charge on any atom is -0.474 e. The zero-order valence-electron chi connectivity index (χ0n) is 31.8. The number of pyridine rings is 1. The van der Waals surface area contributed by atoms with Gasteiger partial charge in [0.15, 0.2) is 0 Å². The Morgan fingerprint density at radius 1 is 0.836 bits per heavy atom. The van der Waals surface area contributed by atoms with Gasteiger partial charge in [-0.2, -0.15) is 0 Å². The van der Waals surface area contributed by atoms with Gasteiger partial charge in [0.2, 0.25) is 17.7 Å². The summed E-state index contributed by atoms with van der Waals surface area (Å²) in [5.74, 6) is 1.63. The van der Waals surface area contributed by atoms with Gasteiger partial charge in [-0.15, -0.1) is 0 Å². The van der Waals surface area contributed by atoms with Crippen molar-refractivity contribution in [1.82, 2.24) is 25.2 Å². The molecule has 3 saturated heterocycles. The van der Waals surface area contributed by atoms with Gasteiger partial charge in [-0.3, -0.25) is 15.0 Å². The highest BCUT2D eigenvalue weighted by Gasteiger charge is 2.31. The summed E-state index contributed by atoms with van der Waals surface area (Å²) in [6.07, 6.45) is 9.77. The van der Waals surface area contributed by atoms with Crippen molar-refractivity contribution in [3.63, 3.8) is 0 Å². The Morgan fingerprint density at radius 2 is 1.65 bits per heavy atom. The van der Waals surface area contributed by atoms with Crippen LogP contribution >= 0.6 is 0 Å². The molecule has 0 bridgehead atoms. The summed E-state index contributed by atoms with van der Waals surface area (Å²) < 4.78 is 5.74. The van der Waals surface area contributed by atoms with Crippen LogP contribution in [0.15, 0.2) is 54.9 Å². The molecule has 5 aliphatic rings. The smallest absolute Gasteiger partial charge is 0.328 e. The van der Waals surface area contributed by atoms with Crippen molar-refractivity contribution in [1.29, 1.82) is 0 Å². The number of hydrogen-bond donors (Lipinski definition) is 3. The molecule has 2 aromatic heterocycles. The molecular formula is C42H50N10O3. The molecule has 0 saturated carbocycles. The number of imide groups is 1. The zero-order chi connectivity index (χ0) is 37.5. The van der Waals surface area contributed by atoms with Crippen molar-refractivity contribution >= 4 is 46.3 Å². The Balaban J connectivity index is 0.757. The Labute approximate surface area is 322 Å². The Bertz CT molecular complexity index is 2070. The van der Waals surface area contributed by atoms with Gasteiger partial charge in [0.25, 0.3) is 0 Å². The van der Waals surface area contributed by atoms with E-state index in [1.165, 1.54) is 29.7 Å². The molecule has 0 unspecified atom stereocenters. The number of benzene rings is 2. The number of piperidine rings is 2. The first kappa shape index (κ1) is 35.3. The number of likely N-dealkylation sites (tertiary alicyclic amines) is 1. The zero-order valence-corrected chi connectivity index (χ0v) is 31.8. The number of rotatable bonds is 7. The summed E-state index contributed by atoms with van der Waals surface area (Å²) in [6, 6.07) is 15.5. The van der Waals surface area contributed by atoms with E-state index in [2.05, 4.69) is 96.9 Å². The standard InChI is InChI=1S/C42H50N10O3/c1-27-23-30(3-8-36(27)52-21-14-38(53)48-42(52)54)29-9-16-49(17-10-29)34-12-19-50(20-13-34)33-6-4-32(5-7-33)46-41-45-24-31-11-18-51(26-35(31)47-41)37-25-44-40-39(28(37)2)43-15-22-55-40/h3-8,23-25,29,34,43H,9-22,26H2,1-2H3,(H,45,46,47)(H,48,53,54). The van der Waals surface area contributed by atoms with Crippen LogP contribution in [-0.2, 0) is 17.8 Å². The van der Waals surface area contributed by atoms with Crippen LogP contribution in [0, 0.1) is 13.8 Å². The first-order chi connectivity index (χ1) is 26.9. The molecule has 4 aromatic rings. The molecule has 9 rings (SSSR count). The number of nitrogens with one attached hydrogen (secondary N) is 3. The molecule has 55 heavy (non-hydrogen) atoms. The minimum absolute atomic E-state index is 0.203. The third-order valence-corrected chi connectivity index (χ3v) is 12.2. The van der Waals surface area contributed by atoms with Gasteiger partial charge in [-0.05, 0) is 112 Å². The van der Waals surface area contributed by atoms with E-state index < -0.39 is 0 Å². The van der Waals surface area contributed by atoms with Crippen LogP contribution in [0.25, 0.3) is 0 Å². The van der Waals surface area contributed by atoms with E-state index >= 15 is 0 Å². The normalized spacial score (nSPS) is 19.6. The van der Waals surface area contributed by atoms with Crippen LogP contribution in [-0.4, -0.2) is 90.3 Å². The topological polar surface area (TPSA) is 131 Å². The molecule has 7 heterocycles. The maximum absolute atomic E-state index is 12.4. The lowest BCUT2D eigenvalue weighted by Gasteiger charge is -2.42. The molecule has 0 spiro atoms. The van der Waals surface area contributed by atoms with Crippen LogP contribution in [0.1, 0.15) is 66.0 Å². The number of urea groups is 1. The van der Waals surface area contributed by atoms with E-state index in [1.54, 1.807) is 4.90 Å². The monoisotopic (exact) mass is 742 g/mol. The average Bonchev–Trinajstić information content (AvgIpc) is 3.21. The highest BCUT2D eigenvalue weighted by Crippen LogP contribution is 2.37. The molecule has 2 aromatic carbocycles. The summed E-state index contributed by atoms with van der Waals surface area (Å²) in [5.41, 5.74) is 11.1. The van der Waals surface area contributed by atoms with E-state index in [9.17, 15) is 9.59 Å². The number of ether oxygens (including phenoxy) is 1. The van der Waals surface area contributed by atoms with Gasteiger partial charge in [0.05, 0.1) is 24.1 Å². The van der Waals surface area contributed by atoms with E-state index in [-0.39, 0.29) is 11.9 Å². The van der Waals surface area contributed by atoms with Crippen LogP contribution in [0.2, 0.25) is 0 Å². The molecule has 3 fully saturated rings. The lowest BCUT2D eigenvalue weighted by Crippen LogP contribution is -2.49. The number of aryl methyl sites for hydroxylation is 1. The Hall–Kier alpha value is -5.43. The van der Waals surface area contributed by atoms with Gasteiger partial charge in [-0.1, -0.05) is 12.1 Å². The third-order valence-electron chi connectivity index (χ3n) is 12.2. The molecule has 0 atom stereocenters. The van der Waals surface area contributed by atoms with Crippen molar-refractivity contribution < 1.29 is 14.3 Å². The second-order valence-electron chi connectivity index (χ2n) is 15.6. The number of nitrogens with zero attached hydrogens (tertiary/aromatic N) is 7. The predicted molar refractivity (Wildman–Crippen MR) is 215 cm³/mol. The van der Waals surface area contributed by atoms with Gasteiger partial charge in [0.1, 0.15) is 12.3 Å². The van der Waals surface area contributed by atoms with Crippen LogP contribution < -0.4 is 35.4 Å². The summed E-state index contributed by atoms with van der Waals surface area (Å²) >= 11 is 0. The number of anilines is 6. The fourth-order valence-electron chi connectivity index (χ4n) is 9.10. The van der Waals surface area contributed by atoms with E-state index in [0.29, 0.717) is 49.9 Å². The summed E-state index contributed by atoms with van der Waals surface area (Å²) in [7, 11) is 0. The minimum atomic E-state index is -0.325. The highest BCUT2D eigenvalue weighted by atomic mass is 16.5. The molecule has 5 aliphatic heterocycles. The van der Waals surface area contributed by atoms with E-state index in [4.69, 9.17) is 9.72 Å². The number of fused-ring (bicyclic) bond motifs is 2. The largest absolute Gasteiger partial charge is 0.474 e. The Morgan fingerprint density at radius 3 is 2.44 bits per heavy atom. The van der Waals surface area contributed by atoms with Crippen molar-refractivity contribution in [3.8, 4) is 5.88 Å². The fraction of sp³-hybridized carbons (Fsp3) is 0.452. The molecule has 13 heteroatoms. The predicted octanol–water partition coefficient (Wildman–Crippen LogP) is 5.89. The second kappa shape index (κ2) is 15.0. The SMILES string of the molecule is Cc1cc(C2CCN(C3CCN(c4ccc(Nc5ncc6c(n5)CN(c5cnc7c(c5C)NCCO7)CC6)cc4)CC3)CC2)ccc1N1CCC(=O)NC1=O. The highest BCUT2D eigenvalue weighted by molar-refractivity contribution is 6.05. The number of carbonyl (C=O) groups excluding carboxylic acids is 2. The van der Waals surface area contributed by atoms with Gasteiger partial charge < -0.3 is 30.1 Å². The van der Waals surface area contributed by atoms with Crippen molar-refractivity contribution in [2.45, 2.75) is 70.9 Å². The van der Waals surface area contributed by atoms with E-state index in [1.807, 2.05) is 12.4 Å². The lowest BCUT2D eigenvalue weighted by molar-refractivity contribution is -0.120. The molecule has 286 valence electrons. The average molecular weight is 743 g/mol. The van der Waals surface area contributed by atoms with Gasteiger partial charge in [-0.25, -0.2) is 19.7 Å². The number of aromatic nitrogens is 3. The first-order valence-electron chi connectivity index (χ1n) is 19.9. The first-order valence-corrected chi connectivity index (χ1v) is 19.9. The van der Waals surface area contributed by atoms with Crippen LogP contribution in [0.4, 0.5) is 39.2 Å². The van der Waals surface area contributed by atoms with Crippen molar-refractivity contribution in [2.75, 3.05) is 77.8 Å². The number of hydrogen-bond acceptors (Lipinski definition) is 11. The third kappa shape index (κ3) is 7.25. The maximum Gasteiger partial charge on any atom is 0.328 e. The van der Waals surface area contributed by atoms with Gasteiger partial charge >= 0.3 is 6.03 Å². The summed E-state index contributed by atoms with van der Waals surface area (Å²) in [5, 5.41) is 9.34. The van der Waals surface area contributed by atoms with Gasteiger partial charge in [0, 0.05) is 74.0 Å². The number of amides is 3. The van der Waals surface area contributed by atoms with E-state index in [0.717, 1.165) is 98.1 Å². The summed E-state index contributed by atoms with van der Waals surface area (Å²) in [4.78, 5) is 47.5. The molecule has 3 amide bonds. The quantitative estimate of drug-likeness (QED) is 0.210. The van der Waals surface area contributed by atoms with Crippen LogP contribution in [0.3, 0.4) is 0 Å².